The summed E-state index contributed by atoms with van der Waals surface area (Å²) >= 11 is 0. The van der Waals surface area contributed by atoms with Gasteiger partial charge in [0.2, 0.25) is 0 Å². The van der Waals surface area contributed by atoms with E-state index in [4.69, 9.17) is 0 Å². The van der Waals surface area contributed by atoms with Crippen LogP contribution in [0.4, 0.5) is 0 Å². The number of rotatable bonds is 9. The van der Waals surface area contributed by atoms with Crippen LogP contribution >= 0.6 is 0 Å². The standard InChI is InChI=1S/C21H33N5/c1-5-22-21(24-14-12-19-15-25-26(4)16-19)23-13-6-7-18-8-10-20(11-9-18)17(2)3/h8-11,15-17H,5-7,12-14H2,1-4H3,(H2,22,23,24). The van der Waals surface area contributed by atoms with Gasteiger partial charge in [-0.15, -0.1) is 0 Å². The molecule has 0 spiro atoms. The lowest BCUT2D eigenvalue weighted by Gasteiger charge is -2.11. The van der Waals surface area contributed by atoms with Gasteiger partial charge in [-0.3, -0.25) is 9.67 Å². The van der Waals surface area contributed by atoms with Crippen molar-refractivity contribution >= 4 is 5.96 Å². The van der Waals surface area contributed by atoms with Crippen LogP contribution in [0, 0.1) is 0 Å². The Morgan fingerprint density at radius 1 is 1.12 bits per heavy atom. The second-order valence-electron chi connectivity index (χ2n) is 6.96. The van der Waals surface area contributed by atoms with E-state index >= 15 is 0 Å². The fraction of sp³-hybridized carbons (Fsp3) is 0.524. The maximum atomic E-state index is 4.68. The number of hydrogen-bond acceptors (Lipinski definition) is 2. The molecule has 2 aromatic rings. The van der Waals surface area contributed by atoms with E-state index in [0.29, 0.717) is 5.92 Å². The average Bonchev–Trinajstić information content (AvgIpc) is 3.04. The molecule has 0 unspecified atom stereocenters. The smallest absolute Gasteiger partial charge is 0.191 e. The van der Waals surface area contributed by atoms with Crippen molar-refractivity contribution in [2.45, 2.75) is 46.0 Å². The molecule has 1 aromatic carbocycles. The molecule has 26 heavy (non-hydrogen) atoms. The van der Waals surface area contributed by atoms with Gasteiger partial charge in [-0.05, 0) is 48.8 Å². The Morgan fingerprint density at radius 2 is 1.88 bits per heavy atom. The summed E-state index contributed by atoms with van der Waals surface area (Å²) in [5.41, 5.74) is 4.03. The first-order valence-electron chi connectivity index (χ1n) is 9.67. The lowest BCUT2D eigenvalue weighted by Crippen LogP contribution is -2.38. The van der Waals surface area contributed by atoms with Gasteiger partial charge in [0.15, 0.2) is 5.96 Å². The molecule has 1 heterocycles. The summed E-state index contributed by atoms with van der Waals surface area (Å²) in [6.07, 6.45) is 7.03. The van der Waals surface area contributed by atoms with Crippen LogP contribution in [0.2, 0.25) is 0 Å². The lowest BCUT2D eigenvalue weighted by atomic mass is 10.0. The summed E-state index contributed by atoms with van der Waals surface area (Å²) in [5, 5.41) is 10.9. The lowest BCUT2D eigenvalue weighted by molar-refractivity contribution is 0.763. The molecule has 0 saturated heterocycles. The fourth-order valence-electron chi connectivity index (χ4n) is 2.81. The van der Waals surface area contributed by atoms with Gasteiger partial charge in [0, 0.05) is 32.9 Å². The monoisotopic (exact) mass is 355 g/mol. The summed E-state index contributed by atoms with van der Waals surface area (Å²) in [4.78, 5) is 4.68. The zero-order valence-corrected chi connectivity index (χ0v) is 16.6. The summed E-state index contributed by atoms with van der Waals surface area (Å²) in [5.74, 6) is 1.49. The third kappa shape index (κ3) is 6.90. The van der Waals surface area contributed by atoms with Crippen molar-refractivity contribution in [2.75, 3.05) is 19.6 Å². The normalized spacial score (nSPS) is 11.8. The van der Waals surface area contributed by atoms with Gasteiger partial charge in [0.1, 0.15) is 0 Å². The molecule has 0 aliphatic heterocycles. The van der Waals surface area contributed by atoms with E-state index in [1.807, 2.05) is 17.9 Å². The molecule has 0 aliphatic carbocycles. The highest BCUT2D eigenvalue weighted by Crippen LogP contribution is 2.15. The van der Waals surface area contributed by atoms with E-state index in [0.717, 1.165) is 44.9 Å². The summed E-state index contributed by atoms with van der Waals surface area (Å²) in [7, 11) is 1.94. The van der Waals surface area contributed by atoms with Gasteiger partial charge in [0.05, 0.1) is 6.20 Å². The molecule has 142 valence electrons. The second-order valence-corrected chi connectivity index (χ2v) is 6.96. The van der Waals surface area contributed by atoms with E-state index in [-0.39, 0.29) is 0 Å². The Balaban J connectivity index is 1.73. The molecule has 0 amide bonds. The molecule has 0 bridgehead atoms. The van der Waals surface area contributed by atoms with Crippen LogP contribution in [0.3, 0.4) is 0 Å². The van der Waals surface area contributed by atoms with E-state index in [2.05, 4.69) is 72.0 Å². The molecule has 0 aliphatic rings. The molecular formula is C21H33N5. The van der Waals surface area contributed by atoms with E-state index in [1.165, 1.54) is 16.7 Å². The van der Waals surface area contributed by atoms with Crippen molar-refractivity contribution in [1.82, 2.24) is 20.4 Å². The number of nitrogens with zero attached hydrogens (tertiary/aromatic N) is 3. The van der Waals surface area contributed by atoms with Crippen LogP contribution in [-0.4, -0.2) is 35.4 Å². The van der Waals surface area contributed by atoms with Crippen molar-refractivity contribution in [3.8, 4) is 0 Å². The van der Waals surface area contributed by atoms with Crippen LogP contribution < -0.4 is 10.6 Å². The van der Waals surface area contributed by atoms with Gasteiger partial charge in [-0.1, -0.05) is 38.1 Å². The molecule has 0 atom stereocenters. The number of aromatic nitrogens is 2. The van der Waals surface area contributed by atoms with Gasteiger partial charge in [-0.2, -0.15) is 5.10 Å². The molecule has 0 fully saturated rings. The van der Waals surface area contributed by atoms with Gasteiger partial charge in [0.25, 0.3) is 0 Å². The Bertz CT molecular complexity index is 670. The molecule has 2 N–H and O–H groups in total. The zero-order chi connectivity index (χ0) is 18.8. The Labute approximate surface area is 157 Å². The van der Waals surface area contributed by atoms with Crippen LogP contribution in [0.25, 0.3) is 0 Å². The minimum absolute atomic E-state index is 0.592. The zero-order valence-electron chi connectivity index (χ0n) is 16.6. The highest BCUT2D eigenvalue weighted by atomic mass is 15.2. The predicted octanol–water partition coefficient (Wildman–Crippen LogP) is 3.27. The second kappa shape index (κ2) is 10.6. The van der Waals surface area contributed by atoms with E-state index in [9.17, 15) is 0 Å². The van der Waals surface area contributed by atoms with Crippen LogP contribution in [-0.2, 0) is 19.9 Å². The summed E-state index contributed by atoms with van der Waals surface area (Å²) in [6.45, 7) is 9.10. The maximum Gasteiger partial charge on any atom is 0.191 e. The number of aliphatic imine (C=N–C) groups is 1. The third-order valence-electron chi connectivity index (χ3n) is 4.35. The van der Waals surface area contributed by atoms with Crippen molar-refractivity contribution in [1.29, 1.82) is 0 Å². The SMILES string of the molecule is CCNC(=NCCCc1ccc(C(C)C)cc1)NCCc1cnn(C)c1. The minimum Gasteiger partial charge on any atom is -0.357 e. The Hall–Kier alpha value is -2.30. The highest BCUT2D eigenvalue weighted by molar-refractivity contribution is 5.79. The topological polar surface area (TPSA) is 54.2 Å². The maximum absolute atomic E-state index is 4.68. The number of hydrogen-bond donors (Lipinski definition) is 2. The highest BCUT2D eigenvalue weighted by Gasteiger charge is 2.01. The molecule has 2 rings (SSSR count). The third-order valence-corrected chi connectivity index (χ3v) is 4.35. The molecule has 5 nitrogen and oxygen atoms in total. The number of nitrogens with one attached hydrogen (secondary N) is 2. The number of guanidine groups is 1. The fourth-order valence-corrected chi connectivity index (χ4v) is 2.81. The number of benzene rings is 1. The first-order chi connectivity index (χ1) is 12.6. The first kappa shape index (κ1) is 20.0. The van der Waals surface area contributed by atoms with Crippen molar-refractivity contribution in [3.05, 3.63) is 53.3 Å². The summed E-state index contributed by atoms with van der Waals surface area (Å²) < 4.78 is 1.84. The molecule has 5 heteroatoms. The van der Waals surface area contributed by atoms with Gasteiger partial charge in [-0.25, -0.2) is 0 Å². The quantitative estimate of drug-likeness (QED) is 0.412. The first-order valence-corrected chi connectivity index (χ1v) is 9.67. The molecule has 1 aromatic heterocycles. The van der Waals surface area contributed by atoms with Crippen molar-refractivity contribution in [3.63, 3.8) is 0 Å². The number of aryl methyl sites for hydroxylation is 2. The predicted molar refractivity (Wildman–Crippen MR) is 110 cm³/mol. The van der Waals surface area contributed by atoms with Crippen LogP contribution in [0.15, 0.2) is 41.7 Å². The molecule has 0 radical (unpaired) electrons. The van der Waals surface area contributed by atoms with E-state index < -0.39 is 0 Å². The molecule has 0 saturated carbocycles. The Kier molecular flexibility index (Phi) is 8.19. The van der Waals surface area contributed by atoms with Crippen LogP contribution in [0.5, 0.6) is 0 Å². The Morgan fingerprint density at radius 3 is 2.50 bits per heavy atom. The van der Waals surface area contributed by atoms with Gasteiger partial charge < -0.3 is 10.6 Å². The van der Waals surface area contributed by atoms with Gasteiger partial charge >= 0.3 is 0 Å². The molecular weight excluding hydrogens is 322 g/mol. The largest absolute Gasteiger partial charge is 0.357 e. The average molecular weight is 356 g/mol. The summed E-state index contributed by atoms with van der Waals surface area (Å²) in [6, 6.07) is 8.98. The van der Waals surface area contributed by atoms with Crippen molar-refractivity contribution < 1.29 is 0 Å². The van der Waals surface area contributed by atoms with Crippen LogP contribution in [0.1, 0.15) is 49.8 Å². The minimum atomic E-state index is 0.592. The van der Waals surface area contributed by atoms with Crippen molar-refractivity contribution in [2.24, 2.45) is 12.0 Å². The van der Waals surface area contributed by atoms with E-state index in [1.54, 1.807) is 0 Å².